The highest BCUT2D eigenvalue weighted by atomic mass is 79.9. The second-order valence-corrected chi connectivity index (χ2v) is 4.54. The van der Waals surface area contributed by atoms with Gasteiger partial charge in [-0.25, -0.2) is 0 Å². The van der Waals surface area contributed by atoms with Crippen LogP contribution in [0.15, 0.2) is 10.5 Å². The summed E-state index contributed by atoms with van der Waals surface area (Å²) in [5, 5.41) is 20.7. The lowest BCUT2D eigenvalue weighted by molar-refractivity contribution is -0.386. The van der Waals surface area contributed by atoms with Gasteiger partial charge in [-0.05, 0) is 35.3 Å². The zero-order valence-corrected chi connectivity index (χ0v) is 11.0. The van der Waals surface area contributed by atoms with Crippen LogP contribution >= 0.6 is 15.9 Å². The summed E-state index contributed by atoms with van der Waals surface area (Å²) in [7, 11) is 1.27. The first kappa shape index (κ1) is 13.7. The number of phenolic OH excluding ortho intramolecular Hbond substituents is 1. The molecular formula is C10H13BrN2O4. The zero-order valence-electron chi connectivity index (χ0n) is 9.44. The molecule has 1 atom stereocenters. The smallest absolute Gasteiger partial charge is 0.318 e. The average molecular weight is 305 g/mol. The number of hydrogen-bond donors (Lipinski definition) is 2. The summed E-state index contributed by atoms with van der Waals surface area (Å²) in [5.41, 5.74) is 5.81. The highest BCUT2D eigenvalue weighted by Gasteiger charge is 2.26. The van der Waals surface area contributed by atoms with Gasteiger partial charge in [0, 0.05) is 11.6 Å². The molecule has 0 saturated carbocycles. The first-order valence-electron chi connectivity index (χ1n) is 4.86. The lowest BCUT2D eigenvalue weighted by Crippen LogP contribution is -2.18. The molecule has 1 unspecified atom stereocenters. The second-order valence-electron chi connectivity index (χ2n) is 3.69. The van der Waals surface area contributed by atoms with Gasteiger partial charge in [0.05, 0.1) is 16.5 Å². The van der Waals surface area contributed by atoms with E-state index in [0.717, 1.165) is 0 Å². The van der Waals surface area contributed by atoms with Crippen LogP contribution in [0.3, 0.4) is 0 Å². The third-order valence-corrected chi connectivity index (χ3v) is 2.79. The predicted molar refractivity (Wildman–Crippen MR) is 66.4 cm³/mol. The fourth-order valence-corrected chi connectivity index (χ4v) is 2.01. The number of nitro groups is 1. The molecular weight excluding hydrogens is 292 g/mol. The van der Waals surface area contributed by atoms with Crippen molar-refractivity contribution < 1.29 is 14.8 Å². The number of nitrogens with two attached hydrogens (primary N) is 1. The normalized spacial score (nSPS) is 12.2. The van der Waals surface area contributed by atoms with E-state index in [9.17, 15) is 15.2 Å². The molecule has 0 bridgehead atoms. The first-order valence-corrected chi connectivity index (χ1v) is 5.66. The Kier molecular flexibility index (Phi) is 4.30. The summed E-state index contributed by atoms with van der Waals surface area (Å²) in [5.74, 6) is -0.437. The van der Waals surface area contributed by atoms with Gasteiger partial charge in [0.2, 0.25) is 5.75 Å². The lowest BCUT2D eigenvalue weighted by atomic mass is 10.0. The summed E-state index contributed by atoms with van der Waals surface area (Å²) < 4.78 is 5.22. The van der Waals surface area contributed by atoms with E-state index >= 15 is 0 Å². The Morgan fingerprint density at radius 1 is 1.71 bits per heavy atom. The van der Waals surface area contributed by atoms with Crippen LogP contribution in [0.1, 0.15) is 12.5 Å². The number of nitro benzene ring substituents is 1. The zero-order chi connectivity index (χ0) is 13.2. The minimum atomic E-state index is -0.581. The first-order chi connectivity index (χ1) is 7.88. The van der Waals surface area contributed by atoms with Gasteiger partial charge in [-0.1, -0.05) is 0 Å². The van der Waals surface area contributed by atoms with E-state index < -0.39 is 4.92 Å². The molecule has 1 aromatic carbocycles. The molecule has 0 aliphatic carbocycles. The Morgan fingerprint density at radius 2 is 2.29 bits per heavy atom. The van der Waals surface area contributed by atoms with Gasteiger partial charge in [0.25, 0.3) is 0 Å². The molecule has 0 spiro atoms. The maximum Gasteiger partial charge on any atom is 0.318 e. The van der Waals surface area contributed by atoms with Crippen molar-refractivity contribution in [3.63, 3.8) is 0 Å². The molecule has 0 saturated heterocycles. The maximum atomic E-state index is 11.0. The Labute approximate surface area is 107 Å². The third-order valence-electron chi connectivity index (χ3n) is 2.19. The number of ether oxygens (including phenoxy) is 1. The van der Waals surface area contributed by atoms with Crippen LogP contribution in [0.25, 0.3) is 0 Å². The van der Waals surface area contributed by atoms with Crippen LogP contribution in [0.5, 0.6) is 11.5 Å². The summed E-state index contributed by atoms with van der Waals surface area (Å²) in [6.07, 6.45) is 0.325. The summed E-state index contributed by atoms with van der Waals surface area (Å²) in [6, 6.07) is 1.26. The van der Waals surface area contributed by atoms with Crippen LogP contribution < -0.4 is 10.5 Å². The number of halogens is 1. The fourth-order valence-electron chi connectivity index (χ4n) is 1.55. The van der Waals surface area contributed by atoms with E-state index in [1.165, 1.54) is 13.2 Å². The van der Waals surface area contributed by atoms with E-state index in [4.69, 9.17) is 10.5 Å². The summed E-state index contributed by atoms with van der Waals surface area (Å²) in [6.45, 7) is 1.75. The largest absolute Gasteiger partial charge is 0.503 e. The standard InChI is InChI=1S/C10H13BrN2O4/c1-5(12)3-6-4-7(11)9(14)10(17-2)8(6)13(15)16/h4-5,14H,3,12H2,1-2H3. The molecule has 6 nitrogen and oxygen atoms in total. The van der Waals surface area contributed by atoms with Crippen LogP contribution in [-0.4, -0.2) is 23.2 Å². The highest BCUT2D eigenvalue weighted by Crippen LogP contribution is 2.44. The van der Waals surface area contributed by atoms with E-state index in [-0.39, 0.29) is 23.2 Å². The van der Waals surface area contributed by atoms with Crippen molar-refractivity contribution in [2.45, 2.75) is 19.4 Å². The van der Waals surface area contributed by atoms with Crippen molar-refractivity contribution in [2.24, 2.45) is 5.73 Å². The topological polar surface area (TPSA) is 98.6 Å². The van der Waals surface area contributed by atoms with Gasteiger partial charge in [-0.15, -0.1) is 0 Å². The van der Waals surface area contributed by atoms with Crippen molar-refractivity contribution in [3.05, 3.63) is 26.2 Å². The van der Waals surface area contributed by atoms with Crippen molar-refractivity contribution in [3.8, 4) is 11.5 Å². The Balaban J connectivity index is 3.47. The lowest BCUT2D eigenvalue weighted by Gasteiger charge is -2.11. The van der Waals surface area contributed by atoms with Crippen LogP contribution in [0.2, 0.25) is 0 Å². The maximum absolute atomic E-state index is 11.0. The number of hydrogen-bond acceptors (Lipinski definition) is 5. The molecule has 0 aromatic heterocycles. The van der Waals surface area contributed by atoms with Crippen molar-refractivity contribution in [2.75, 3.05) is 7.11 Å². The van der Waals surface area contributed by atoms with E-state index in [0.29, 0.717) is 16.5 Å². The third kappa shape index (κ3) is 2.86. The fraction of sp³-hybridized carbons (Fsp3) is 0.400. The number of rotatable bonds is 4. The van der Waals surface area contributed by atoms with E-state index in [1.54, 1.807) is 6.92 Å². The molecule has 0 heterocycles. The Morgan fingerprint density at radius 3 is 2.71 bits per heavy atom. The monoisotopic (exact) mass is 304 g/mol. The van der Waals surface area contributed by atoms with Crippen LogP contribution in [0.4, 0.5) is 5.69 Å². The van der Waals surface area contributed by atoms with Gasteiger partial charge in [0.1, 0.15) is 0 Å². The van der Waals surface area contributed by atoms with Crippen LogP contribution in [-0.2, 0) is 6.42 Å². The van der Waals surface area contributed by atoms with E-state index in [1.807, 2.05) is 0 Å². The molecule has 1 rings (SSSR count). The number of aromatic hydroxyl groups is 1. The van der Waals surface area contributed by atoms with Gasteiger partial charge in [-0.2, -0.15) is 0 Å². The summed E-state index contributed by atoms with van der Waals surface area (Å²) >= 11 is 3.12. The minimum absolute atomic E-state index is 0.153. The predicted octanol–water partition coefficient (Wildman–Crippen LogP) is 1.96. The molecule has 0 aliphatic rings. The molecule has 3 N–H and O–H groups in total. The van der Waals surface area contributed by atoms with Crippen molar-refractivity contribution >= 4 is 21.6 Å². The molecule has 0 radical (unpaired) electrons. The quantitative estimate of drug-likeness (QED) is 0.654. The van der Waals surface area contributed by atoms with Gasteiger partial charge in [0.15, 0.2) is 5.75 Å². The Hall–Kier alpha value is -1.34. The Bertz CT molecular complexity index is 448. The number of nitrogens with zero attached hydrogens (tertiary/aromatic N) is 1. The van der Waals surface area contributed by atoms with Crippen LogP contribution in [0, 0.1) is 10.1 Å². The van der Waals surface area contributed by atoms with Gasteiger partial charge in [-0.3, -0.25) is 10.1 Å². The van der Waals surface area contributed by atoms with Crippen molar-refractivity contribution in [1.29, 1.82) is 0 Å². The number of methoxy groups -OCH3 is 1. The van der Waals surface area contributed by atoms with Gasteiger partial charge >= 0.3 is 5.69 Å². The van der Waals surface area contributed by atoms with E-state index in [2.05, 4.69) is 15.9 Å². The minimum Gasteiger partial charge on any atom is -0.503 e. The SMILES string of the molecule is COc1c(O)c(Br)cc(CC(C)N)c1[N+](=O)[O-]. The number of benzene rings is 1. The molecule has 0 amide bonds. The second kappa shape index (κ2) is 5.33. The summed E-state index contributed by atoms with van der Waals surface area (Å²) in [4.78, 5) is 10.4. The molecule has 1 aromatic rings. The van der Waals surface area contributed by atoms with Gasteiger partial charge < -0.3 is 15.6 Å². The number of phenols is 1. The molecule has 94 valence electrons. The molecule has 7 heteroatoms. The van der Waals surface area contributed by atoms with Crippen molar-refractivity contribution in [1.82, 2.24) is 0 Å². The molecule has 0 fully saturated rings. The molecule has 17 heavy (non-hydrogen) atoms. The molecule has 0 aliphatic heterocycles. The average Bonchev–Trinajstić information content (AvgIpc) is 2.21. The highest BCUT2D eigenvalue weighted by molar-refractivity contribution is 9.10.